The van der Waals surface area contributed by atoms with Crippen molar-refractivity contribution >= 4 is 0 Å². The van der Waals surface area contributed by atoms with E-state index >= 15 is 0 Å². The number of halogens is 1. The molecule has 1 fully saturated rings. The summed E-state index contributed by atoms with van der Waals surface area (Å²) in [5, 5.41) is 0. The van der Waals surface area contributed by atoms with E-state index in [-0.39, 0.29) is 6.10 Å². The summed E-state index contributed by atoms with van der Waals surface area (Å²) in [4.78, 5) is 0. The number of rotatable bonds is 1. The molecule has 1 rings (SSSR count). The van der Waals surface area contributed by atoms with E-state index in [0.29, 0.717) is 6.61 Å². The highest BCUT2D eigenvalue weighted by atomic mass is 19.1. The molecule has 1 aliphatic heterocycles. The molecule has 9 heavy (non-hydrogen) atoms. The Balaban J connectivity index is 2.38. The van der Waals surface area contributed by atoms with Crippen molar-refractivity contribution in [1.82, 2.24) is 0 Å². The average molecular weight is 134 g/mol. The van der Waals surface area contributed by atoms with Crippen molar-refractivity contribution in [3.8, 4) is 0 Å². The Kier molecular flexibility index (Phi) is 1.73. The fraction of sp³-hybridized carbons (Fsp3) is 1.00. The minimum absolute atomic E-state index is 0.347. The van der Waals surface area contributed by atoms with Crippen molar-refractivity contribution in [3.05, 3.63) is 0 Å². The van der Waals surface area contributed by atoms with Gasteiger partial charge in [0.15, 0.2) is 5.79 Å². The lowest BCUT2D eigenvalue weighted by Gasteiger charge is -2.15. The molecule has 54 valence electrons. The van der Waals surface area contributed by atoms with Crippen LogP contribution in [0.2, 0.25) is 0 Å². The molecule has 1 saturated heterocycles. The molecule has 1 heterocycles. The minimum Gasteiger partial charge on any atom is -0.348 e. The van der Waals surface area contributed by atoms with Crippen LogP contribution in [0.25, 0.3) is 0 Å². The van der Waals surface area contributed by atoms with Gasteiger partial charge in [0.2, 0.25) is 0 Å². The topological polar surface area (TPSA) is 18.5 Å². The largest absolute Gasteiger partial charge is 0.348 e. The lowest BCUT2D eigenvalue weighted by molar-refractivity contribution is -0.139. The Morgan fingerprint density at radius 3 is 2.56 bits per heavy atom. The van der Waals surface area contributed by atoms with Crippen molar-refractivity contribution in [2.75, 3.05) is 13.3 Å². The van der Waals surface area contributed by atoms with Crippen LogP contribution < -0.4 is 0 Å². The lowest BCUT2D eigenvalue weighted by atomic mass is 10.4. The van der Waals surface area contributed by atoms with Gasteiger partial charge >= 0.3 is 0 Å². The van der Waals surface area contributed by atoms with E-state index in [1.807, 2.05) is 0 Å². The molecule has 1 aliphatic rings. The van der Waals surface area contributed by atoms with Crippen LogP contribution in [-0.4, -0.2) is 25.2 Å². The van der Waals surface area contributed by atoms with Crippen LogP contribution in [0.4, 0.5) is 4.39 Å². The summed E-state index contributed by atoms with van der Waals surface area (Å²) in [6.07, 6.45) is -0.347. The third kappa shape index (κ3) is 1.63. The molecule has 0 radical (unpaired) electrons. The number of hydrogen-bond donors (Lipinski definition) is 0. The fourth-order valence-corrected chi connectivity index (χ4v) is 0.839. The quantitative estimate of drug-likeness (QED) is 0.534. The van der Waals surface area contributed by atoms with Gasteiger partial charge in [0.05, 0.1) is 6.61 Å². The second kappa shape index (κ2) is 2.23. The molecule has 0 aromatic carbocycles. The minimum atomic E-state index is -0.573. The molecule has 0 bridgehead atoms. The van der Waals surface area contributed by atoms with Crippen molar-refractivity contribution in [3.63, 3.8) is 0 Å². The van der Waals surface area contributed by atoms with Gasteiger partial charge in [-0.15, -0.1) is 0 Å². The average Bonchev–Trinajstić information content (AvgIpc) is 2.10. The number of ether oxygens (including phenoxy) is 2. The van der Waals surface area contributed by atoms with Crippen LogP contribution in [0.15, 0.2) is 0 Å². The molecule has 0 amide bonds. The Bertz CT molecular complexity index is 103. The molecular formula is C6H11FO2. The molecule has 0 spiro atoms. The third-order valence-corrected chi connectivity index (χ3v) is 1.24. The number of hydrogen-bond acceptors (Lipinski definition) is 2. The Morgan fingerprint density at radius 1 is 1.67 bits per heavy atom. The highest BCUT2D eigenvalue weighted by Gasteiger charge is 2.32. The van der Waals surface area contributed by atoms with Crippen LogP contribution in [0.5, 0.6) is 0 Å². The summed E-state index contributed by atoms with van der Waals surface area (Å²) in [6.45, 7) is 3.48. The zero-order valence-corrected chi connectivity index (χ0v) is 5.69. The molecular weight excluding hydrogens is 123 g/mol. The van der Waals surface area contributed by atoms with Gasteiger partial charge in [0.1, 0.15) is 12.8 Å². The summed E-state index contributed by atoms with van der Waals surface area (Å²) < 4.78 is 22.0. The smallest absolute Gasteiger partial charge is 0.163 e. The molecule has 3 heteroatoms. The van der Waals surface area contributed by atoms with Gasteiger partial charge < -0.3 is 9.47 Å². The molecule has 0 saturated carbocycles. The van der Waals surface area contributed by atoms with Crippen LogP contribution in [-0.2, 0) is 9.47 Å². The summed E-state index contributed by atoms with van der Waals surface area (Å²) in [5.74, 6) is -0.573. The molecule has 0 aliphatic carbocycles. The monoisotopic (exact) mass is 134 g/mol. The van der Waals surface area contributed by atoms with Crippen LogP contribution >= 0.6 is 0 Å². The zero-order valence-electron chi connectivity index (χ0n) is 5.69. The number of alkyl halides is 1. The normalized spacial score (nSPS) is 33.0. The molecule has 0 unspecified atom stereocenters. The van der Waals surface area contributed by atoms with Crippen molar-refractivity contribution in [2.45, 2.75) is 25.7 Å². The van der Waals surface area contributed by atoms with E-state index in [1.54, 1.807) is 13.8 Å². The van der Waals surface area contributed by atoms with E-state index in [0.717, 1.165) is 0 Å². The van der Waals surface area contributed by atoms with Crippen molar-refractivity contribution < 1.29 is 13.9 Å². The first-order valence-corrected chi connectivity index (χ1v) is 3.02. The predicted octanol–water partition coefficient (Wildman–Crippen LogP) is 1.11. The lowest BCUT2D eigenvalue weighted by Crippen LogP contribution is -2.22. The summed E-state index contributed by atoms with van der Waals surface area (Å²) in [6, 6.07) is 0. The molecule has 1 atom stereocenters. The highest BCUT2D eigenvalue weighted by Crippen LogP contribution is 2.21. The predicted molar refractivity (Wildman–Crippen MR) is 30.9 cm³/mol. The van der Waals surface area contributed by atoms with E-state index < -0.39 is 12.5 Å². The molecule has 0 aromatic rings. The molecule has 0 aromatic heterocycles. The fourth-order valence-electron chi connectivity index (χ4n) is 0.839. The van der Waals surface area contributed by atoms with Gasteiger partial charge in [-0.3, -0.25) is 0 Å². The maximum Gasteiger partial charge on any atom is 0.163 e. The molecule has 0 N–H and O–H groups in total. The zero-order chi connectivity index (χ0) is 6.91. The Hall–Kier alpha value is -0.150. The van der Waals surface area contributed by atoms with Gasteiger partial charge in [-0.25, -0.2) is 4.39 Å². The van der Waals surface area contributed by atoms with Crippen LogP contribution in [0.3, 0.4) is 0 Å². The highest BCUT2D eigenvalue weighted by molar-refractivity contribution is 4.69. The summed E-state index contributed by atoms with van der Waals surface area (Å²) in [7, 11) is 0. The standard InChI is InChI=1S/C6H11FO2/c1-6(2)8-4-5(3-7)9-6/h5H,3-4H2,1-2H3/t5-/m1/s1. The van der Waals surface area contributed by atoms with Crippen molar-refractivity contribution in [1.29, 1.82) is 0 Å². The first kappa shape index (κ1) is 6.96. The van der Waals surface area contributed by atoms with E-state index in [9.17, 15) is 4.39 Å². The first-order chi connectivity index (χ1) is 4.14. The van der Waals surface area contributed by atoms with Gasteiger partial charge in [-0.1, -0.05) is 0 Å². The SMILES string of the molecule is CC1(C)OC[C@@H](CF)O1. The molecule has 2 nitrogen and oxygen atoms in total. The second-order valence-corrected chi connectivity index (χ2v) is 2.60. The maximum atomic E-state index is 11.8. The van der Waals surface area contributed by atoms with Crippen LogP contribution in [0, 0.1) is 0 Å². The van der Waals surface area contributed by atoms with Gasteiger partial charge in [-0.2, -0.15) is 0 Å². The van der Waals surface area contributed by atoms with E-state index in [2.05, 4.69) is 0 Å². The van der Waals surface area contributed by atoms with E-state index in [4.69, 9.17) is 9.47 Å². The van der Waals surface area contributed by atoms with E-state index in [1.165, 1.54) is 0 Å². The van der Waals surface area contributed by atoms with Crippen molar-refractivity contribution in [2.24, 2.45) is 0 Å². The van der Waals surface area contributed by atoms with Crippen LogP contribution in [0.1, 0.15) is 13.8 Å². The second-order valence-electron chi connectivity index (χ2n) is 2.60. The van der Waals surface area contributed by atoms with Gasteiger partial charge in [0, 0.05) is 0 Å². The summed E-state index contributed by atoms with van der Waals surface area (Å²) in [5.41, 5.74) is 0. The Morgan fingerprint density at radius 2 is 2.33 bits per heavy atom. The maximum absolute atomic E-state index is 11.8. The third-order valence-electron chi connectivity index (χ3n) is 1.24. The van der Waals surface area contributed by atoms with Gasteiger partial charge in [-0.05, 0) is 13.8 Å². The Labute approximate surface area is 54.0 Å². The first-order valence-electron chi connectivity index (χ1n) is 3.02. The summed E-state index contributed by atoms with van der Waals surface area (Å²) >= 11 is 0. The van der Waals surface area contributed by atoms with Gasteiger partial charge in [0.25, 0.3) is 0 Å².